The summed E-state index contributed by atoms with van der Waals surface area (Å²) in [5.41, 5.74) is 3.35. The first-order valence-corrected chi connectivity index (χ1v) is 9.44. The molecule has 0 spiro atoms. The number of fused-ring (bicyclic) bond motifs is 1. The van der Waals surface area contributed by atoms with Crippen LogP contribution >= 0.6 is 0 Å². The van der Waals surface area contributed by atoms with Crippen LogP contribution in [0.4, 0.5) is 0 Å². The van der Waals surface area contributed by atoms with E-state index in [0.29, 0.717) is 0 Å². The lowest BCUT2D eigenvalue weighted by atomic mass is 9.93. The molecule has 4 heteroatoms. The fourth-order valence-corrected chi connectivity index (χ4v) is 3.52. The zero-order chi connectivity index (χ0) is 19.2. The Balaban J connectivity index is 1.61. The Morgan fingerprint density at radius 3 is 2.52 bits per heavy atom. The number of carbonyl (C=O) groups is 2. The van der Waals surface area contributed by atoms with Crippen LogP contribution in [0, 0.1) is 0 Å². The zero-order valence-corrected chi connectivity index (χ0v) is 15.9. The molecule has 0 bridgehead atoms. The van der Waals surface area contributed by atoms with Crippen LogP contribution in [-0.4, -0.2) is 22.8 Å². The van der Waals surface area contributed by atoms with Crippen molar-refractivity contribution in [3.63, 3.8) is 0 Å². The van der Waals surface area contributed by atoms with Crippen molar-refractivity contribution in [2.45, 2.75) is 45.2 Å². The highest BCUT2D eigenvalue weighted by Gasteiger charge is 2.28. The summed E-state index contributed by atoms with van der Waals surface area (Å²) in [5.74, 6) is -0.0902. The number of hydrogen-bond acceptors (Lipinski definition) is 2. The van der Waals surface area contributed by atoms with Crippen LogP contribution in [0.2, 0.25) is 0 Å². The van der Waals surface area contributed by atoms with Crippen molar-refractivity contribution in [1.29, 1.82) is 0 Å². The van der Waals surface area contributed by atoms with Gasteiger partial charge < -0.3 is 10.2 Å². The maximum atomic E-state index is 12.6. The third-order valence-corrected chi connectivity index (χ3v) is 4.96. The highest BCUT2D eigenvalue weighted by Crippen LogP contribution is 2.32. The summed E-state index contributed by atoms with van der Waals surface area (Å²) in [7, 11) is 0. The summed E-state index contributed by atoms with van der Waals surface area (Å²) in [5, 5.41) is 3.09. The smallest absolute Gasteiger partial charge is 0.223 e. The number of nitrogens with zero attached hydrogens (tertiary/aromatic N) is 1. The first-order chi connectivity index (χ1) is 13.0. The van der Waals surface area contributed by atoms with Crippen LogP contribution in [0.5, 0.6) is 0 Å². The van der Waals surface area contributed by atoms with Gasteiger partial charge in [0, 0.05) is 19.2 Å². The van der Waals surface area contributed by atoms with E-state index in [0.717, 1.165) is 24.0 Å². The maximum absolute atomic E-state index is 12.6. The van der Waals surface area contributed by atoms with Crippen molar-refractivity contribution in [2.75, 3.05) is 0 Å². The summed E-state index contributed by atoms with van der Waals surface area (Å²) >= 11 is 0. The van der Waals surface area contributed by atoms with Crippen molar-refractivity contribution in [2.24, 2.45) is 0 Å². The summed E-state index contributed by atoms with van der Waals surface area (Å²) in [6.07, 6.45) is 5.77. The van der Waals surface area contributed by atoms with E-state index in [1.54, 1.807) is 11.1 Å². The van der Waals surface area contributed by atoms with E-state index < -0.39 is 0 Å². The largest absolute Gasteiger partial charge is 0.354 e. The van der Waals surface area contributed by atoms with Crippen LogP contribution in [0.15, 0.2) is 60.8 Å². The Morgan fingerprint density at radius 2 is 1.78 bits per heavy atom. The quantitative estimate of drug-likeness (QED) is 0.841. The lowest BCUT2D eigenvalue weighted by molar-refractivity contribution is -0.130. The standard InChI is InChI=1S/C23H26N2O2/c1-17(12-13-19-8-4-3-5-9-19)24-23(27)16-22-21-11-7-6-10-20(21)14-15-25(22)18(2)26/h3-11,14-15,17,22H,12-13,16H2,1-2H3,(H,24,27). The average molecular weight is 362 g/mol. The number of carbonyl (C=O) groups excluding carboxylic acids is 2. The number of hydrogen-bond donors (Lipinski definition) is 1. The van der Waals surface area contributed by atoms with Crippen molar-refractivity contribution in [1.82, 2.24) is 10.2 Å². The van der Waals surface area contributed by atoms with E-state index in [9.17, 15) is 9.59 Å². The van der Waals surface area contributed by atoms with E-state index in [2.05, 4.69) is 17.4 Å². The Labute approximate surface area is 160 Å². The molecule has 1 aliphatic rings. The second kappa shape index (κ2) is 8.67. The van der Waals surface area contributed by atoms with Crippen molar-refractivity contribution < 1.29 is 9.59 Å². The number of rotatable bonds is 6. The first-order valence-electron chi connectivity index (χ1n) is 9.44. The monoisotopic (exact) mass is 362 g/mol. The predicted octanol–water partition coefficient (Wildman–Crippen LogP) is 4.09. The van der Waals surface area contributed by atoms with Gasteiger partial charge in [-0.1, -0.05) is 54.6 Å². The molecular formula is C23H26N2O2. The highest BCUT2D eigenvalue weighted by atomic mass is 16.2. The molecule has 2 atom stereocenters. The molecule has 27 heavy (non-hydrogen) atoms. The van der Waals surface area contributed by atoms with Gasteiger partial charge in [0.15, 0.2) is 0 Å². The lowest BCUT2D eigenvalue weighted by Gasteiger charge is -2.32. The molecular weight excluding hydrogens is 336 g/mol. The van der Waals surface area contributed by atoms with E-state index in [1.165, 1.54) is 12.5 Å². The van der Waals surface area contributed by atoms with Crippen molar-refractivity contribution in [3.05, 3.63) is 77.5 Å². The predicted molar refractivity (Wildman–Crippen MR) is 108 cm³/mol. The molecule has 0 fully saturated rings. The number of amides is 2. The third-order valence-electron chi connectivity index (χ3n) is 4.96. The molecule has 1 N–H and O–H groups in total. The van der Waals surface area contributed by atoms with Gasteiger partial charge in [-0.25, -0.2) is 0 Å². The molecule has 0 aliphatic carbocycles. The number of benzene rings is 2. The second-order valence-corrected chi connectivity index (χ2v) is 7.08. The van der Waals surface area contributed by atoms with Gasteiger partial charge >= 0.3 is 0 Å². The number of nitrogens with one attached hydrogen (secondary N) is 1. The highest BCUT2D eigenvalue weighted by molar-refractivity contribution is 5.82. The normalized spacial score (nSPS) is 16.5. The fraction of sp³-hybridized carbons (Fsp3) is 0.304. The molecule has 0 saturated carbocycles. The summed E-state index contributed by atoms with van der Waals surface area (Å²) in [6.45, 7) is 3.56. The molecule has 2 unspecified atom stereocenters. The van der Waals surface area contributed by atoms with E-state index in [-0.39, 0.29) is 30.3 Å². The van der Waals surface area contributed by atoms with Gasteiger partial charge in [0.25, 0.3) is 0 Å². The van der Waals surface area contributed by atoms with Gasteiger partial charge in [0.1, 0.15) is 0 Å². The molecule has 0 aromatic heterocycles. The van der Waals surface area contributed by atoms with Gasteiger partial charge in [0.05, 0.1) is 12.5 Å². The van der Waals surface area contributed by atoms with Crippen LogP contribution in [-0.2, 0) is 16.0 Å². The van der Waals surface area contributed by atoms with E-state index in [4.69, 9.17) is 0 Å². The molecule has 2 amide bonds. The Hall–Kier alpha value is -2.88. The van der Waals surface area contributed by atoms with Crippen LogP contribution in [0.3, 0.4) is 0 Å². The molecule has 140 valence electrons. The third kappa shape index (κ3) is 4.85. The summed E-state index contributed by atoms with van der Waals surface area (Å²) in [4.78, 5) is 26.3. The van der Waals surface area contributed by atoms with Gasteiger partial charge in [-0.05, 0) is 42.5 Å². The van der Waals surface area contributed by atoms with Gasteiger partial charge in [-0.3, -0.25) is 9.59 Å². The maximum Gasteiger partial charge on any atom is 0.223 e. The molecule has 2 aromatic carbocycles. The van der Waals surface area contributed by atoms with Crippen molar-refractivity contribution >= 4 is 17.9 Å². The van der Waals surface area contributed by atoms with Crippen molar-refractivity contribution in [3.8, 4) is 0 Å². The van der Waals surface area contributed by atoms with Crippen LogP contribution in [0.1, 0.15) is 49.4 Å². The topological polar surface area (TPSA) is 49.4 Å². The Bertz CT molecular complexity index is 829. The van der Waals surface area contributed by atoms with Crippen LogP contribution in [0.25, 0.3) is 6.08 Å². The van der Waals surface area contributed by atoms with E-state index >= 15 is 0 Å². The minimum absolute atomic E-state index is 0.0306. The molecule has 3 rings (SSSR count). The van der Waals surface area contributed by atoms with Gasteiger partial charge in [-0.2, -0.15) is 0 Å². The van der Waals surface area contributed by atoms with Crippen LogP contribution < -0.4 is 5.32 Å². The fourth-order valence-electron chi connectivity index (χ4n) is 3.52. The zero-order valence-electron chi connectivity index (χ0n) is 15.9. The molecule has 0 radical (unpaired) electrons. The lowest BCUT2D eigenvalue weighted by Crippen LogP contribution is -2.38. The Kier molecular flexibility index (Phi) is 6.07. The Morgan fingerprint density at radius 1 is 1.07 bits per heavy atom. The minimum Gasteiger partial charge on any atom is -0.354 e. The number of aryl methyl sites for hydroxylation is 1. The molecule has 2 aromatic rings. The van der Waals surface area contributed by atoms with Gasteiger partial charge in [0.2, 0.25) is 11.8 Å². The summed E-state index contributed by atoms with van der Waals surface area (Å²) < 4.78 is 0. The average Bonchev–Trinajstić information content (AvgIpc) is 2.67. The second-order valence-electron chi connectivity index (χ2n) is 7.08. The molecule has 0 saturated heterocycles. The molecule has 1 heterocycles. The molecule has 4 nitrogen and oxygen atoms in total. The first kappa shape index (κ1) is 18.9. The van der Waals surface area contributed by atoms with E-state index in [1.807, 2.05) is 55.5 Å². The van der Waals surface area contributed by atoms with Gasteiger partial charge in [-0.15, -0.1) is 0 Å². The summed E-state index contributed by atoms with van der Waals surface area (Å²) in [6, 6.07) is 18.0. The SMILES string of the molecule is CC(=O)N1C=Cc2ccccc2C1CC(=O)NC(C)CCc1ccccc1. The molecule has 1 aliphatic heterocycles. The minimum atomic E-state index is -0.259.